The first-order valence-corrected chi connectivity index (χ1v) is 7.43. The molecule has 2 rings (SSSR count). The first kappa shape index (κ1) is 18.4. The molecule has 1 amide bonds. The van der Waals surface area contributed by atoms with Crippen LogP contribution in [0.2, 0.25) is 0 Å². The fourth-order valence-electron chi connectivity index (χ4n) is 2.22. The van der Waals surface area contributed by atoms with Gasteiger partial charge in [0.05, 0.1) is 5.56 Å². The van der Waals surface area contributed by atoms with Crippen molar-refractivity contribution < 1.29 is 27.8 Å². The second-order valence-electron chi connectivity index (χ2n) is 5.40. The van der Waals surface area contributed by atoms with E-state index in [0.29, 0.717) is 11.3 Å². The summed E-state index contributed by atoms with van der Waals surface area (Å²) in [6.07, 6.45) is 0. The van der Waals surface area contributed by atoms with Crippen LogP contribution < -0.4 is 10.1 Å². The van der Waals surface area contributed by atoms with Crippen molar-refractivity contribution in [3.05, 3.63) is 59.2 Å². The molecule has 0 fully saturated rings. The minimum absolute atomic E-state index is 0.0192. The number of benzene rings is 2. The number of hydrogen-bond acceptors (Lipinski definition) is 4. The molecule has 0 unspecified atom stereocenters. The van der Waals surface area contributed by atoms with Crippen molar-refractivity contribution in [2.24, 2.45) is 0 Å². The molecule has 132 valence electrons. The van der Waals surface area contributed by atoms with Crippen LogP contribution in [0.1, 0.15) is 21.5 Å². The van der Waals surface area contributed by atoms with E-state index in [9.17, 15) is 18.4 Å². The van der Waals surface area contributed by atoms with Gasteiger partial charge in [0.1, 0.15) is 5.75 Å². The second kappa shape index (κ2) is 8.23. The number of esters is 1. The predicted octanol–water partition coefficient (Wildman–Crippen LogP) is 3.70. The zero-order chi connectivity index (χ0) is 18.4. The summed E-state index contributed by atoms with van der Waals surface area (Å²) in [4.78, 5) is 23.8. The molecule has 0 aliphatic rings. The molecule has 2 aromatic rings. The lowest BCUT2D eigenvalue weighted by Crippen LogP contribution is -2.21. The topological polar surface area (TPSA) is 64.6 Å². The highest BCUT2D eigenvalue weighted by atomic mass is 19.3. The van der Waals surface area contributed by atoms with E-state index in [1.807, 2.05) is 19.9 Å². The Labute approximate surface area is 143 Å². The highest BCUT2D eigenvalue weighted by Gasteiger charge is 2.11. The summed E-state index contributed by atoms with van der Waals surface area (Å²) in [5.74, 6) is -1.16. The number of amides is 1. The van der Waals surface area contributed by atoms with Crippen LogP contribution in [0.5, 0.6) is 5.75 Å². The van der Waals surface area contributed by atoms with Crippen LogP contribution in [0.3, 0.4) is 0 Å². The van der Waals surface area contributed by atoms with Crippen LogP contribution in [-0.2, 0) is 9.53 Å². The van der Waals surface area contributed by atoms with Crippen LogP contribution in [-0.4, -0.2) is 25.1 Å². The van der Waals surface area contributed by atoms with Gasteiger partial charge in [-0.25, -0.2) is 4.79 Å². The number of nitrogens with one attached hydrogen (secondary N) is 1. The molecule has 5 nitrogen and oxygen atoms in total. The largest absolute Gasteiger partial charge is 0.452 e. The summed E-state index contributed by atoms with van der Waals surface area (Å²) >= 11 is 0. The summed E-state index contributed by atoms with van der Waals surface area (Å²) in [5, 5.41) is 2.49. The molecule has 0 saturated heterocycles. The number of alkyl halides is 2. The maximum absolute atomic E-state index is 12.1. The lowest BCUT2D eigenvalue weighted by molar-refractivity contribution is -0.119. The lowest BCUT2D eigenvalue weighted by Gasteiger charge is -2.09. The molecule has 0 saturated carbocycles. The number of carbonyl (C=O) groups excluding carboxylic acids is 2. The van der Waals surface area contributed by atoms with Gasteiger partial charge in [-0.2, -0.15) is 8.78 Å². The Hall–Kier alpha value is -2.96. The van der Waals surface area contributed by atoms with E-state index in [4.69, 9.17) is 4.74 Å². The van der Waals surface area contributed by atoms with Crippen LogP contribution in [0, 0.1) is 13.8 Å². The summed E-state index contributed by atoms with van der Waals surface area (Å²) < 4.78 is 33.3. The first-order chi connectivity index (χ1) is 11.8. The van der Waals surface area contributed by atoms with Gasteiger partial charge in [0.2, 0.25) is 0 Å². The monoisotopic (exact) mass is 349 g/mol. The Balaban J connectivity index is 1.86. The van der Waals surface area contributed by atoms with Crippen LogP contribution in [0.4, 0.5) is 14.5 Å². The Morgan fingerprint density at radius 2 is 1.64 bits per heavy atom. The molecule has 1 N–H and O–H groups in total. The number of rotatable bonds is 6. The van der Waals surface area contributed by atoms with Crippen molar-refractivity contribution in [2.45, 2.75) is 20.5 Å². The molecule has 0 spiro atoms. The van der Waals surface area contributed by atoms with Gasteiger partial charge in [-0.15, -0.1) is 0 Å². The van der Waals surface area contributed by atoms with Crippen LogP contribution in [0.25, 0.3) is 0 Å². The average Bonchev–Trinajstić information content (AvgIpc) is 2.53. The molecule has 0 aliphatic heterocycles. The Morgan fingerprint density at radius 3 is 2.20 bits per heavy atom. The summed E-state index contributed by atoms with van der Waals surface area (Å²) in [7, 11) is 0. The smallest absolute Gasteiger partial charge is 0.387 e. The number of halogens is 2. The molecular weight excluding hydrogens is 332 g/mol. The SMILES string of the molecule is Cc1cc(C)cc(C(=O)OCC(=O)Nc2ccc(OC(F)F)cc2)c1. The molecular formula is C18H17F2NO4. The van der Waals surface area contributed by atoms with Crippen molar-refractivity contribution >= 4 is 17.6 Å². The number of hydrogen-bond donors (Lipinski definition) is 1. The molecule has 7 heteroatoms. The van der Waals surface area contributed by atoms with Gasteiger partial charge in [-0.05, 0) is 50.2 Å². The average molecular weight is 349 g/mol. The molecule has 0 aromatic heterocycles. The van der Waals surface area contributed by atoms with E-state index in [-0.39, 0.29) is 5.75 Å². The fourth-order valence-corrected chi connectivity index (χ4v) is 2.22. The van der Waals surface area contributed by atoms with Gasteiger partial charge in [0.15, 0.2) is 6.61 Å². The summed E-state index contributed by atoms with van der Waals surface area (Å²) in [6.45, 7) is 0.349. The standard InChI is InChI=1S/C18H17F2NO4/c1-11-7-12(2)9-13(8-11)17(23)24-10-16(22)21-14-3-5-15(6-4-14)25-18(19)20/h3-9,18H,10H2,1-2H3,(H,21,22). The third-order valence-corrected chi connectivity index (χ3v) is 3.15. The van der Waals surface area contributed by atoms with E-state index < -0.39 is 25.1 Å². The van der Waals surface area contributed by atoms with Crippen molar-refractivity contribution in [1.29, 1.82) is 0 Å². The maximum atomic E-state index is 12.1. The Kier molecular flexibility index (Phi) is 6.05. The number of anilines is 1. The molecule has 2 aromatic carbocycles. The van der Waals surface area contributed by atoms with Crippen molar-refractivity contribution in [2.75, 3.05) is 11.9 Å². The molecule has 25 heavy (non-hydrogen) atoms. The third kappa shape index (κ3) is 5.87. The number of carbonyl (C=O) groups is 2. The highest BCUT2D eigenvalue weighted by molar-refractivity contribution is 5.95. The minimum Gasteiger partial charge on any atom is -0.452 e. The zero-order valence-corrected chi connectivity index (χ0v) is 13.7. The normalized spacial score (nSPS) is 10.4. The maximum Gasteiger partial charge on any atom is 0.387 e. The molecule has 0 atom stereocenters. The number of ether oxygens (including phenoxy) is 2. The van der Waals surface area contributed by atoms with Gasteiger partial charge in [0.25, 0.3) is 5.91 Å². The fraction of sp³-hybridized carbons (Fsp3) is 0.222. The Morgan fingerprint density at radius 1 is 1.04 bits per heavy atom. The van der Waals surface area contributed by atoms with Gasteiger partial charge in [-0.1, -0.05) is 17.2 Å². The van der Waals surface area contributed by atoms with Gasteiger partial charge < -0.3 is 14.8 Å². The van der Waals surface area contributed by atoms with Crippen molar-refractivity contribution in [1.82, 2.24) is 0 Å². The van der Waals surface area contributed by atoms with Crippen LogP contribution >= 0.6 is 0 Å². The zero-order valence-electron chi connectivity index (χ0n) is 13.7. The highest BCUT2D eigenvalue weighted by Crippen LogP contribution is 2.17. The molecule has 0 heterocycles. The quantitative estimate of drug-likeness (QED) is 0.808. The summed E-state index contributed by atoms with van der Waals surface area (Å²) in [6, 6.07) is 10.7. The molecule has 0 aliphatic carbocycles. The Bertz CT molecular complexity index is 740. The van der Waals surface area contributed by atoms with Gasteiger partial charge >= 0.3 is 12.6 Å². The van der Waals surface area contributed by atoms with Crippen LogP contribution in [0.15, 0.2) is 42.5 Å². The third-order valence-electron chi connectivity index (χ3n) is 3.15. The van der Waals surface area contributed by atoms with Gasteiger partial charge in [0, 0.05) is 5.69 Å². The molecule has 0 bridgehead atoms. The first-order valence-electron chi connectivity index (χ1n) is 7.43. The van der Waals surface area contributed by atoms with E-state index in [1.54, 1.807) is 12.1 Å². The van der Waals surface area contributed by atoms with E-state index in [0.717, 1.165) is 11.1 Å². The van der Waals surface area contributed by atoms with Crippen molar-refractivity contribution in [3.8, 4) is 5.75 Å². The lowest BCUT2D eigenvalue weighted by atomic mass is 10.1. The van der Waals surface area contributed by atoms with Crippen molar-refractivity contribution in [3.63, 3.8) is 0 Å². The second-order valence-corrected chi connectivity index (χ2v) is 5.40. The predicted molar refractivity (Wildman–Crippen MR) is 87.9 cm³/mol. The van der Waals surface area contributed by atoms with E-state index in [2.05, 4.69) is 10.1 Å². The van der Waals surface area contributed by atoms with E-state index >= 15 is 0 Å². The van der Waals surface area contributed by atoms with Gasteiger partial charge in [-0.3, -0.25) is 4.79 Å². The summed E-state index contributed by atoms with van der Waals surface area (Å²) in [5.41, 5.74) is 2.58. The minimum atomic E-state index is -2.91. The molecule has 0 radical (unpaired) electrons. The van der Waals surface area contributed by atoms with E-state index in [1.165, 1.54) is 24.3 Å². The number of aryl methyl sites for hydroxylation is 2.